The van der Waals surface area contributed by atoms with Crippen LogP contribution in [0.4, 0.5) is 0 Å². The van der Waals surface area contributed by atoms with E-state index in [0.29, 0.717) is 0 Å². The number of rotatable bonds is 0. The molecule has 0 amide bonds. The summed E-state index contributed by atoms with van der Waals surface area (Å²) < 4.78 is 6.05. The van der Waals surface area contributed by atoms with Gasteiger partial charge >= 0.3 is 0 Å². The smallest absolute Gasteiger partial charge is 0.170 e. The number of alkyl halides is 1. The summed E-state index contributed by atoms with van der Waals surface area (Å²) in [6, 6.07) is 0. The van der Waals surface area contributed by atoms with Gasteiger partial charge in [-0.05, 0) is 19.8 Å². The Hall–Kier alpha value is -0.220. The molecule has 3 unspecified atom stereocenters. The molecular weight excluding hydrogens is 296 g/mol. The number of Topliss-reactive ketones (excluding diaryl/α,β-unsaturated/α-hetero) is 2. The monoisotopic (exact) mass is 312 g/mol. The lowest BCUT2D eigenvalue weighted by Crippen LogP contribution is -2.50. The molecule has 2 saturated heterocycles. The zero-order valence-electron chi connectivity index (χ0n) is 10.8. The van der Waals surface area contributed by atoms with E-state index in [4.69, 9.17) is 4.74 Å². The summed E-state index contributed by atoms with van der Waals surface area (Å²) in [5, 5.41) is 0. The number of hydrogen-bond acceptors (Lipinski definition) is 3. The molecule has 18 heavy (non-hydrogen) atoms. The predicted octanol–water partition coefficient (Wildman–Crippen LogP) is 2.11. The van der Waals surface area contributed by atoms with E-state index >= 15 is 0 Å². The molecule has 0 aromatic rings. The van der Waals surface area contributed by atoms with Crippen LogP contribution in [0.5, 0.6) is 0 Å². The van der Waals surface area contributed by atoms with E-state index in [1.54, 1.807) is 0 Å². The molecule has 4 aliphatic rings. The fourth-order valence-corrected chi connectivity index (χ4v) is 5.55. The second-order valence-electron chi connectivity index (χ2n) is 7.13. The van der Waals surface area contributed by atoms with Crippen LogP contribution in [0.3, 0.4) is 0 Å². The fraction of sp³-hybridized carbons (Fsp3) is 0.857. The topological polar surface area (TPSA) is 43.4 Å². The minimum atomic E-state index is -0.531. The number of carbonyl (C=O) groups is 2. The molecule has 3 nitrogen and oxygen atoms in total. The molecule has 2 heterocycles. The Balaban J connectivity index is 1.89. The first kappa shape index (κ1) is 11.6. The van der Waals surface area contributed by atoms with Crippen LogP contribution in [-0.4, -0.2) is 28.1 Å². The van der Waals surface area contributed by atoms with Crippen molar-refractivity contribution in [3.8, 4) is 0 Å². The third kappa shape index (κ3) is 0.875. The molecule has 2 bridgehead atoms. The Kier molecular flexibility index (Phi) is 1.79. The van der Waals surface area contributed by atoms with Crippen molar-refractivity contribution in [1.82, 2.24) is 0 Å². The minimum Gasteiger partial charge on any atom is -0.362 e. The van der Waals surface area contributed by atoms with Gasteiger partial charge in [0.1, 0.15) is 11.9 Å². The van der Waals surface area contributed by atoms with Crippen LogP contribution in [0, 0.1) is 22.7 Å². The van der Waals surface area contributed by atoms with Crippen LogP contribution < -0.4 is 0 Å². The lowest BCUT2D eigenvalue weighted by molar-refractivity contribution is -0.136. The van der Waals surface area contributed by atoms with Crippen molar-refractivity contribution in [3.05, 3.63) is 0 Å². The van der Waals surface area contributed by atoms with Crippen LogP contribution in [0.25, 0.3) is 0 Å². The minimum absolute atomic E-state index is 0.0382. The fourth-order valence-electron chi connectivity index (χ4n) is 4.75. The maximum atomic E-state index is 12.7. The molecule has 4 rings (SSSR count). The molecule has 2 aliphatic carbocycles. The standard InChI is InChI=1S/C14H17BrO3/c1-12(2)9(15)6-7(10(12)16)13(3)14(4-5-14)11(17)8(6)18-13/h6-9H,4-5H2,1-3H3/t6?,7?,8-,9?,13+/m1/s1. The zero-order valence-corrected chi connectivity index (χ0v) is 12.4. The molecule has 1 spiro atoms. The summed E-state index contributed by atoms with van der Waals surface area (Å²) in [5.74, 6) is 0.484. The molecule has 0 N–H and O–H groups in total. The van der Waals surface area contributed by atoms with Gasteiger partial charge in [-0.2, -0.15) is 0 Å². The summed E-state index contributed by atoms with van der Waals surface area (Å²) in [7, 11) is 0. The highest BCUT2D eigenvalue weighted by Crippen LogP contribution is 2.73. The van der Waals surface area contributed by atoms with E-state index in [0.717, 1.165) is 12.8 Å². The largest absolute Gasteiger partial charge is 0.362 e. The molecule has 5 atom stereocenters. The molecule has 2 aliphatic heterocycles. The van der Waals surface area contributed by atoms with Gasteiger partial charge in [0.05, 0.1) is 16.9 Å². The number of halogens is 1. The van der Waals surface area contributed by atoms with E-state index in [1.807, 2.05) is 20.8 Å². The maximum absolute atomic E-state index is 12.7. The molecule has 0 aromatic carbocycles. The number of ketones is 2. The highest BCUT2D eigenvalue weighted by Gasteiger charge is 2.83. The van der Waals surface area contributed by atoms with Gasteiger partial charge in [0.25, 0.3) is 0 Å². The second-order valence-corrected chi connectivity index (χ2v) is 8.12. The van der Waals surface area contributed by atoms with E-state index in [9.17, 15) is 9.59 Å². The first-order valence-corrected chi connectivity index (χ1v) is 7.59. The van der Waals surface area contributed by atoms with Crippen LogP contribution in [0.1, 0.15) is 33.6 Å². The van der Waals surface area contributed by atoms with Gasteiger partial charge in [-0.25, -0.2) is 0 Å². The molecular formula is C14H17BrO3. The van der Waals surface area contributed by atoms with Gasteiger partial charge in [0.15, 0.2) is 5.78 Å². The molecule has 2 saturated carbocycles. The summed E-state index contributed by atoms with van der Waals surface area (Å²) in [4.78, 5) is 25.3. The van der Waals surface area contributed by atoms with Crippen molar-refractivity contribution in [2.45, 2.75) is 50.1 Å². The molecule has 4 fully saturated rings. The summed E-state index contributed by atoms with van der Waals surface area (Å²) in [6.07, 6.45) is 1.46. The van der Waals surface area contributed by atoms with Crippen LogP contribution in [0.15, 0.2) is 0 Å². The van der Waals surface area contributed by atoms with E-state index in [-0.39, 0.29) is 45.2 Å². The second kappa shape index (κ2) is 2.78. The van der Waals surface area contributed by atoms with Crippen molar-refractivity contribution in [3.63, 3.8) is 0 Å². The van der Waals surface area contributed by atoms with E-state index in [2.05, 4.69) is 15.9 Å². The number of carbonyl (C=O) groups excluding carboxylic acids is 2. The van der Waals surface area contributed by atoms with Gasteiger partial charge in [0.2, 0.25) is 0 Å². The lowest BCUT2D eigenvalue weighted by atomic mass is 9.65. The van der Waals surface area contributed by atoms with Gasteiger partial charge < -0.3 is 4.74 Å². The van der Waals surface area contributed by atoms with Gasteiger partial charge in [-0.1, -0.05) is 29.8 Å². The van der Waals surface area contributed by atoms with E-state index in [1.165, 1.54) is 0 Å². The third-order valence-corrected chi connectivity index (χ3v) is 7.83. The molecule has 4 heteroatoms. The Labute approximate surface area is 115 Å². The number of ether oxygens (including phenoxy) is 1. The van der Waals surface area contributed by atoms with E-state index < -0.39 is 5.60 Å². The van der Waals surface area contributed by atoms with Crippen LogP contribution in [0.2, 0.25) is 0 Å². The van der Waals surface area contributed by atoms with Gasteiger partial charge in [-0.3, -0.25) is 9.59 Å². The van der Waals surface area contributed by atoms with Crippen molar-refractivity contribution in [2.24, 2.45) is 22.7 Å². The van der Waals surface area contributed by atoms with Gasteiger partial charge in [-0.15, -0.1) is 0 Å². The Morgan fingerprint density at radius 1 is 1.17 bits per heavy atom. The third-order valence-electron chi connectivity index (χ3n) is 6.07. The normalized spacial score (nSPS) is 54.2. The molecule has 0 radical (unpaired) electrons. The Morgan fingerprint density at radius 2 is 1.78 bits per heavy atom. The highest BCUT2D eigenvalue weighted by atomic mass is 79.9. The zero-order chi connectivity index (χ0) is 13.1. The molecule has 0 aromatic heterocycles. The SMILES string of the molecule is CC1(C)C(=O)C2C(C1Br)[C@H]1O[C@]2(C)C2(CC2)C1=O. The highest BCUT2D eigenvalue weighted by molar-refractivity contribution is 9.09. The summed E-state index contributed by atoms with van der Waals surface area (Å²) in [5.41, 5.74) is -1.24. The average molecular weight is 313 g/mol. The summed E-state index contributed by atoms with van der Waals surface area (Å²) >= 11 is 3.67. The van der Waals surface area contributed by atoms with Crippen LogP contribution >= 0.6 is 15.9 Å². The van der Waals surface area contributed by atoms with Gasteiger partial charge in [0, 0.05) is 16.2 Å². The maximum Gasteiger partial charge on any atom is 0.170 e. The molecule has 98 valence electrons. The van der Waals surface area contributed by atoms with Crippen molar-refractivity contribution < 1.29 is 14.3 Å². The van der Waals surface area contributed by atoms with Crippen molar-refractivity contribution in [1.29, 1.82) is 0 Å². The number of fused-ring (bicyclic) bond motifs is 6. The quantitative estimate of drug-likeness (QED) is 0.643. The average Bonchev–Trinajstić information content (AvgIpc) is 2.97. The Bertz CT molecular complexity index is 493. The number of hydrogen-bond donors (Lipinski definition) is 0. The lowest BCUT2D eigenvalue weighted by Gasteiger charge is -2.35. The first-order chi connectivity index (χ1) is 8.27. The van der Waals surface area contributed by atoms with Crippen molar-refractivity contribution >= 4 is 27.5 Å². The van der Waals surface area contributed by atoms with Crippen LogP contribution in [-0.2, 0) is 14.3 Å². The van der Waals surface area contributed by atoms with Crippen molar-refractivity contribution in [2.75, 3.05) is 0 Å². The predicted molar refractivity (Wildman–Crippen MR) is 68.4 cm³/mol. The summed E-state index contributed by atoms with van der Waals surface area (Å²) in [6.45, 7) is 5.97. The first-order valence-electron chi connectivity index (χ1n) is 6.68. The Morgan fingerprint density at radius 3 is 2.33 bits per heavy atom.